The molecule has 0 spiro atoms. The average molecular weight is 1230 g/mol. The Kier molecular flexibility index (Phi) is 31.3. The Hall–Kier alpha value is -6.82. The normalized spacial score (nSPS) is 12.6. The molecule has 0 aromatic carbocycles. The van der Waals surface area contributed by atoms with Gasteiger partial charge in [-0.1, -0.05) is 208 Å². The van der Waals surface area contributed by atoms with Crippen LogP contribution in [-0.4, -0.2) is 71.2 Å². The van der Waals surface area contributed by atoms with E-state index in [4.69, 9.17) is 16.3 Å². The molecule has 8 aromatic heterocycles. The van der Waals surface area contributed by atoms with Crippen LogP contribution in [0.5, 0.6) is 0 Å². The molecule has 0 amide bonds. The molecule has 1 fully saturated rings. The molecule has 1 aliphatic heterocycles. The number of nitrogens with zero attached hydrogens (tertiary/aromatic N) is 10. The second-order valence-electron chi connectivity index (χ2n) is 30.5. The molecule has 0 unspecified atom stereocenters. The molecule has 0 atom stereocenters. The third-order valence-electron chi connectivity index (χ3n) is 13.7. The fourth-order valence-electron chi connectivity index (χ4n) is 7.96. The first-order chi connectivity index (χ1) is 41.0. The van der Waals surface area contributed by atoms with E-state index in [0.29, 0.717) is 5.02 Å². The molecule has 1 aliphatic rings. The van der Waals surface area contributed by atoms with Crippen molar-refractivity contribution in [3.8, 4) is 0 Å². The van der Waals surface area contributed by atoms with Gasteiger partial charge in [0.2, 0.25) is 0 Å². The van der Waals surface area contributed by atoms with Gasteiger partial charge in [-0.25, -0.2) is 4.98 Å². The second-order valence-corrected chi connectivity index (χ2v) is 31.0. The Labute approximate surface area is 545 Å². The minimum atomic E-state index is 0.116. The lowest BCUT2D eigenvalue weighted by Gasteiger charge is -2.28. The van der Waals surface area contributed by atoms with Gasteiger partial charge < -0.3 is 9.64 Å². The van der Waals surface area contributed by atoms with Crippen LogP contribution < -0.4 is 4.90 Å². The van der Waals surface area contributed by atoms with Crippen LogP contribution in [0.4, 0.5) is 5.82 Å². The largest absolute Gasteiger partial charge is 0.378 e. The van der Waals surface area contributed by atoms with Gasteiger partial charge in [0.15, 0.2) is 0 Å². The van der Waals surface area contributed by atoms with Crippen molar-refractivity contribution in [2.75, 3.05) is 31.2 Å². The van der Waals surface area contributed by atoms with Gasteiger partial charge in [-0.2, -0.15) is 0 Å². The highest BCUT2D eigenvalue weighted by Gasteiger charge is 2.20. The maximum Gasteiger partial charge on any atom is 0.128 e. The minimum absolute atomic E-state index is 0.116. The summed E-state index contributed by atoms with van der Waals surface area (Å²) in [6.07, 6.45) is 21.9. The van der Waals surface area contributed by atoms with Crippen LogP contribution in [0.25, 0.3) is 0 Å². The lowest BCUT2D eigenvalue weighted by molar-refractivity contribution is 0.122. The molecule has 9 rings (SSSR count). The number of aromatic nitrogens is 9. The van der Waals surface area contributed by atoms with Crippen molar-refractivity contribution < 1.29 is 4.74 Å². The quantitative estimate of drug-likeness (QED) is 0.156. The second kappa shape index (κ2) is 35.5. The van der Waals surface area contributed by atoms with Crippen LogP contribution in [0.2, 0.25) is 5.02 Å². The zero-order valence-corrected chi connectivity index (χ0v) is 60.4. The van der Waals surface area contributed by atoms with Gasteiger partial charge in [-0.05, 0) is 119 Å². The summed E-state index contributed by atoms with van der Waals surface area (Å²) in [6, 6.07) is 30.6. The van der Waals surface area contributed by atoms with Gasteiger partial charge in [0.05, 0.1) is 23.9 Å². The molecule has 0 N–H and O–H groups in total. The van der Waals surface area contributed by atoms with Crippen molar-refractivity contribution >= 4 is 17.4 Å². The average Bonchev–Trinajstić information content (AvgIpc) is 3.51. The van der Waals surface area contributed by atoms with E-state index in [1.54, 1.807) is 31.0 Å². The van der Waals surface area contributed by atoms with Gasteiger partial charge in [0.1, 0.15) is 5.82 Å². The summed E-state index contributed by atoms with van der Waals surface area (Å²) < 4.78 is 5.33. The maximum absolute atomic E-state index is 5.70. The van der Waals surface area contributed by atoms with Gasteiger partial charge in [0, 0.05) is 137 Å². The summed E-state index contributed by atoms with van der Waals surface area (Å²) in [7, 11) is 0. The molecule has 484 valence electrons. The highest BCUT2D eigenvalue weighted by molar-refractivity contribution is 6.30. The molecule has 8 aromatic rings. The summed E-state index contributed by atoms with van der Waals surface area (Å²) >= 11 is 5.70. The van der Waals surface area contributed by atoms with E-state index in [9.17, 15) is 0 Å². The molecule has 9 heterocycles. The fraction of sp³-hybridized carbons (Fsp3) is 0.494. The van der Waals surface area contributed by atoms with Crippen molar-refractivity contribution in [2.45, 2.75) is 223 Å². The van der Waals surface area contributed by atoms with Crippen molar-refractivity contribution in [1.82, 2.24) is 44.9 Å². The van der Waals surface area contributed by atoms with Crippen molar-refractivity contribution in [1.29, 1.82) is 0 Å². The summed E-state index contributed by atoms with van der Waals surface area (Å²) in [5.41, 5.74) is 13.4. The summed E-state index contributed by atoms with van der Waals surface area (Å²) in [6.45, 7) is 59.7. The summed E-state index contributed by atoms with van der Waals surface area (Å²) in [5, 5.41) is 0.693. The number of hydrogen-bond acceptors (Lipinski definition) is 11. The monoisotopic (exact) mass is 1230 g/mol. The third kappa shape index (κ3) is 32.0. The Morgan fingerprint density at radius 3 is 1.18 bits per heavy atom. The smallest absolute Gasteiger partial charge is 0.128 e. The summed E-state index contributed by atoms with van der Waals surface area (Å²) in [5.74, 6) is 1.07. The van der Waals surface area contributed by atoms with Crippen LogP contribution in [0.3, 0.4) is 0 Å². The van der Waals surface area contributed by atoms with Crippen LogP contribution >= 0.6 is 11.6 Å². The highest BCUT2D eigenvalue weighted by atomic mass is 35.5. The number of halogens is 1. The van der Waals surface area contributed by atoms with Crippen LogP contribution in [0.1, 0.15) is 222 Å². The van der Waals surface area contributed by atoms with E-state index >= 15 is 0 Å². The van der Waals surface area contributed by atoms with E-state index in [2.05, 4.69) is 284 Å². The maximum atomic E-state index is 5.70. The number of rotatable bonds is 1. The predicted molar refractivity (Wildman–Crippen MR) is 379 cm³/mol. The first kappa shape index (κ1) is 78.3. The van der Waals surface area contributed by atoms with E-state index in [1.165, 1.54) is 33.5 Å². The number of hydrogen-bond donors (Lipinski definition) is 0. The SMILES string of the molecule is CC(C)(C)c1ccc(Cl)cn1.CC(C)(C)c1ccc(N2CCOCC2)nc1.CC(C)(C)c1ccccn1.CC(C)(C)c1cccnc1.CC(C)(C)c1ccncc1.CC(C)(C)c1cnccn1.Cc1ccc(C(C)(C)C)nc1.Cc1cccnc1C(C)(C)C. The number of aryl methyl sites for hydroxylation is 2. The number of pyridine rings is 7. The van der Waals surface area contributed by atoms with E-state index < -0.39 is 0 Å². The van der Waals surface area contributed by atoms with Crippen LogP contribution in [0.15, 0.2) is 165 Å². The van der Waals surface area contributed by atoms with Crippen molar-refractivity contribution in [3.05, 3.63) is 227 Å². The molecule has 1 saturated heterocycles. The number of ether oxygens (including phenoxy) is 1. The van der Waals surface area contributed by atoms with E-state index in [1.807, 2.05) is 79.8 Å². The third-order valence-corrected chi connectivity index (χ3v) is 13.9. The molecule has 0 saturated carbocycles. The Bertz CT molecular complexity index is 2880. The van der Waals surface area contributed by atoms with Gasteiger partial charge >= 0.3 is 0 Å². The molecule has 11 nitrogen and oxygen atoms in total. The zero-order valence-electron chi connectivity index (χ0n) is 59.7. The van der Waals surface area contributed by atoms with Crippen LogP contribution in [0, 0.1) is 13.8 Å². The molecule has 89 heavy (non-hydrogen) atoms. The zero-order chi connectivity index (χ0) is 67.5. The first-order valence-corrected chi connectivity index (χ1v) is 31.6. The topological polar surface area (TPSA) is 128 Å². The lowest BCUT2D eigenvalue weighted by Crippen LogP contribution is -2.36. The van der Waals surface area contributed by atoms with Gasteiger partial charge in [-0.15, -0.1) is 0 Å². The lowest BCUT2D eigenvalue weighted by atomic mass is 9.88. The molecule has 0 bridgehead atoms. The Balaban J connectivity index is 0.000000349. The Morgan fingerprint density at radius 2 is 0.831 bits per heavy atom. The number of anilines is 1. The van der Waals surface area contributed by atoms with Crippen LogP contribution in [-0.2, 0) is 48.1 Å². The van der Waals surface area contributed by atoms with Gasteiger partial charge in [0.25, 0.3) is 0 Å². The molecule has 0 radical (unpaired) electrons. The predicted octanol–water partition coefficient (Wildman–Crippen LogP) is 19.5. The Morgan fingerprint density at radius 1 is 0.337 bits per heavy atom. The fourth-order valence-corrected chi connectivity index (χ4v) is 8.07. The molecule has 12 heteroatoms. The van der Waals surface area contributed by atoms with Crippen molar-refractivity contribution in [2.24, 2.45) is 0 Å². The van der Waals surface area contributed by atoms with E-state index in [-0.39, 0.29) is 43.3 Å². The van der Waals surface area contributed by atoms with E-state index in [0.717, 1.165) is 54.9 Å². The standard InChI is InChI=1S/C13H20N2O.2C10H15N.C9H12ClN.3C9H13N.C8H12N2/c1-13(2,3)11-4-5-12(14-10-11)15-6-8-16-9-7-15;1-8-5-6-9(11-7-8)10(2,3)4;1-8-6-5-7-11-9(8)10(2,3)4;1-9(2,3)8-5-4-7(10)6-11-8;1-9(2,3)8-4-6-10-7-5-8;1-9(2,3)8-5-4-6-10-7-8;1-9(2,3)8-6-4-5-7-10-8;1-8(2,3)7-6-9-4-5-10-7/h4-5,10H,6-9H2,1-3H3;2*5-7H,1-4H3;4-6H,1-3H3;3*4-7H,1-3H3;4-6H,1-3H3. The van der Waals surface area contributed by atoms with Gasteiger partial charge in [-0.3, -0.25) is 39.9 Å². The molecular formula is C77H113ClN10O. The summed E-state index contributed by atoms with van der Waals surface area (Å²) in [4.78, 5) is 40.2. The highest BCUT2D eigenvalue weighted by Crippen LogP contribution is 2.26. The van der Waals surface area contributed by atoms with Crippen molar-refractivity contribution in [3.63, 3.8) is 0 Å². The molecule has 0 aliphatic carbocycles. The molecular weight excluding hydrogens is 1120 g/mol. The first-order valence-electron chi connectivity index (χ1n) is 31.3. The number of morpholine rings is 1. The minimum Gasteiger partial charge on any atom is -0.378 e.